The number of hydrazone groups is 1. The highest BCUT2D eigenvalue weighted by atomic mass is 35.5. The van der Waals surface area contributed by atoms with Crippen molar-refractivity contribution in [2.75, 3.05) is 7.11 Å². The van der Waals surface area contributed by atoms with Crippen molar-refractivity contribution >= 4 is 44.7 Å². The van der Waals surface area contributed by atoms with E-state index in [-0.39, 0.29) is 21.2 Å². The number of fused-ring (bicyclic) bond motifs is 1. The van der Waals surface area contributed by atoms with Gasteiger partial charge in [0.2, 0.25) is 10.0 Å². The SMILES string of the molecule is COc1ccc(-c2cc(C(=O)N/N=C/c3c(Cl)c4ccccc4oc3=O)nn2-c2ccc(S(N)(=O)=O)cc2)cc1. The first-order valence-corrected chi connectivity index (χ1v) is 13.5. The number of carbonyl (C=O) groups excluding carboxylic acids is 1. The fourth-order valence-corrected chi connectivity index (χ4v) is 4.68. The number of nitrogens with zero attached hydrogens (tertiary/aromatic N) is 3. The minimum absolute atomic E-state index is 0.00451. The van der Waals surface area contributed by atoms with Crippen LogP contribution in [0.1, 0.15) is 16.1 Å². The van der Waals surface area contributed by atoms with Gasteiger partial charge < -0.3 is 9.15 Å². The molecular formula is C27H20ClN5O6S. The van der Waals surface area contributed by atoms with Crippen LogP contribution in [-0.2, 0) is 10.0 Å². The van der Waals surface area contributed by atoms with Crippen molar-refractivity contribution in [3.8, 4) is 22.7 Å². The lowest BCUT2D eigenvalue weighted by molar-refractivity contribution is 0.0949. The van der Waals surface area contributed by atoms with Crippen LogP contribution in [0, 0.1) is 0 Å². The van der Waals surface area contributed by atoms with Crippen molar-refractivity contribution in [1.82, 2.24) is 15.2 Å². The van der Waals surface area contributed by atoms with Crippen LogP contribution in [0.25, 0.3) is 27.9 Å². The maximum absolute atomic E-state index is 13.0. The minimum atomic E-state index is -3.89. The second-order valence-electron chi connectivity index (χ2n) is 8.41. The van der Waals surface area contributed by atoms with E-state index >= 15 is 0 Å². The molecule has 11 nitrogen and oxygen atoms in total. The molecule has 13 heteroatoms. The Hall–Kier alpha value is -4.78. The van der Waals surface area contributed by atoms with Gasteiger partial charge in [-0.05, 0) is 66.7 Å². The summed E-state index contributed by atoms with van der Waals surface area (Å²) in [6.45, 7) is 0. The van der Waals surface area contributed by atoms with E-state index in [0.717, 1.165) is 6.21 Å². The van der Waals surface area contributed by atoms with Gasteiger partial charge in [0.1, 0.15) is 11.3 Å². The summed E-state index contributed by atoms with van der Waals surface area (Å²) in [6, 6.07) is 21.1. The normalized spacial score (nSPS) is 11.7. The molecule has 0 spiro atoms. The number of carbonyl (C=O) groups is 1. The standard InChI is InChI=1S/C27H20ClN5O6S/c1-38-18-10-6-16(7-11-18)23-14-22(32-33(23)17-8-12-19(13-9-17)40(29,36)37)26(34)31-30-15-21-25(28)20-4-2-3-5-24(20)39-27(21)35/h2-15H,1H3,(H,31,34)(H2,29,36,37)/b30-15+. The van der Waals surface area contributed by atoms with Gasteiger partial charge in [0, 0.05) is 10.9 Å². The molecule has 0 bridgehead atoms. The number of sulfonamides is 1. The molecule has 0 saturated carbocycles. The number of ether oxygens (including phenoxy) is 1. The highest BCUT2D eigenvalue weighted by molar-refractivity contribution is 7.89. The van der Waals surface area contributed by atoms with Gasteiger partial charge in [0.25, 0.3) is 5.91 Å². The maximum Gasteiger partial charge on any atom is 0.346 e. The van der Waals surface area contributed by atoms with Crippen LogP contribution < -0.4 is 20.9 Å². The lowest BCUT2D eigenvalue weighted by Crippen LogP contribution is -2.19. The third-order valence-corrected chi connectivity index (χ3v) is 7.22. The first-order chi connectivity index (χ1) is 19.2. The Morgan fingerprint density at radius 2 is 1.80 bits per heavy atom. The van der Waals surface area contributed by atoms with Crippen LogP contribution in [0.2, 0.25) is 5.02 Å². The Kier molecular flexibility index (Phi) is 7.22. The summed E-state index contributed by atoms with van der Waals surface area (Å²) in [5.74, 6) is -0.0383. The Labute approximate surface area is 232 Å². The van der Waals surface area contributed by atoms with E-state index in [1.807, 2.05) is 0 Å². The van der Waals surface area contributed by atoms with Crippen molar-refractivity contribution in [2.45, 2.75) is 4.90 Å². The van der Waals surface area contributed by atoms with Gasteiger partial charge in [-0.25, -0.2) is 28.5 Å². The molecular weight excluding hydrogens is 558 g/mol. The predicted molar refractivity (Wildman–Crippen MR) is 149 cm³/mol. The van der Waals surface area contributed by atoms with Gasteiger partial charge in [-0.1, -0.05) is 23.7 Å². The third-order valence-electron chi connectivity index (χ3n) is 5.88. The molecule has 2 aromatic heterocycles. The molecule has 0 atom stereocenters. The number of methoxy groups -OCH3 is 1. The van der Waals surface area contributed by atoms with E-state index in [1.165, 1.54) is 35.0 Å². The molecule has 0 unspecified atom stereocenters. The Morgan fingerprint density at radius 1 is 1.10 bits per heavy atom. The molecule has 0 aliphatic heterocycles. The summed E-state index contributed by atoms with van der Waals surface area (Å²) >= 11 is 6.37. The van der Waals surface area contributed by atoms with E-state index in [2.05, 4.69) is 15.6 Å². The number of nitrogens with one attached hydrogen (secondary N) is 1. The number of benzene rings is 3. The highest BCUT2D eigenvalue weighted by Crippen LogP contribution is 2.27. The number of para-hydroxylation sites is 1. The van der Waals surface area contributed by atoms with Gasteiger partial charge in [-0.3, -0.25) is 4.79 Å². The highest BCUT2D eigenvalue weighted by Gasteiger charge is 2.18. The molecule has 5 aromatic rings. The molecule has 0 fully saturated rings. The summed E-state index contributed by atoms with van der Waals surface area (Å²) < 4.78 is 35.3. The van der Waals surface area contributed by atoms with Crippen molar-refractivity contribution in [1.29, 1.82) is 0 Å². The van der Waals surface area contributed by atoms with E-state index < -0.39 is 21.6 Å². The lowest BCUT2D eigenvalue weighted by atomic mass is 10.1. The van der Waals surface area contributed by atoms with Crippen molar-refractivity contribution < 1.29 is 22.4 Å². The quantitative estimate of drug-likeness (QED) is 0.169. The molecule has 1 amide bonds. The molecule has 3 aromatic carbocycles. The summed E-state index contributed by atoms with van der Waals surface area (Å²) in [5, 5.41) is 14.2. The van der Waals surface area contributed by atoms with E-state index in [1.54, 1.807) is 55.6 Å². The zero-order chi connectivity index (χ0) is 28.4. The first-order valence-electron chi connectivity index (χ1n) is 11.6. The monoisotopic (exact) mass is 577 g/mol. The van der Waals surface area contributed by atoms with Crippen LogP contribution >= 0.6 is 11.6 Å². The average Bonchev–Trinajstić information content (AvgIpc) is 3.40. The summed E-state index contributed by atoms with van der Waals surface area (Å²) in [5.41, 5.74) is 3.62. The van der Waals surface area contributed by atoms with E-state index in [4.69, 9.17) is 25.9 Å². The fourth-order valence-electron chi connectivity index (χ4n) is 3.88. The smallest absolute Gasteiger partial charge is 0.346 e. The minimum Gasteiger partial charge on any atom is -0.497 e. The Bertz CT molecular complexity index is 1930. The number of primary sulfonamides is 1. The van der Waals surface area contributed by atoms with Crippen molar-refractivity contribution in [3.05, 3.63) is 106 Å². The molecule has 202 valence electrons. The van der Waals surface area contributed by atoms with E-state index in [9.17, 15) is 18.0 Å². The number of hydrogen-bond acceptors (Lipinski definition) is 8. The van der Waals surface area contributed by atoms with Gasteiger partial charge in [-0.2, -0.15) is 10.2 Å². The van der Waals surface area contributed by atoms with Gasteiger partial charge in [0.15, 0.2) is 5.69 Å². The molecule has 2 heterocycles. The second-order valence-corrected chi connectivity index (χ2v) is 10.3. The zero-order valence-corrected chi connectivity index (χ0v) is 22.3. The van der Waals surface area contributed by atoms with Crippen molar-refractivity contribution in [3.63, 3.8) is 0 Å². The molecule has 40 heavy (non-hydrogen) atoms. The Balaban J connectivity index is 1.48. The molecule has 0 aliphatic carbocycles. The summed E-state index contributed by atoms with van der Waals surface area (Å²) in [7, 11) is -2.35. The van der Waals surface area contributed by atoms with Crippen LogP contribution in [0.5, 0.6) is 5.75 Å². The van der Waals surface area contributed by atoms with Crippen LogP contribution in [0.4, 0.5) is 0 Å². The lowest BCUT2D eigenvalue weighted by Gasteiger charge is -2.09. The average molecular weight is 578 g/mol. The number of halogens is 1. The first kappa shape index (κ1) is 26.8. The van der Waals surface area contributed by atoms with Crippen LogP contribution in [-0.4, -0.2) is 37.4 Å². The van der Waals surface area contributed by atoms with Crippen LogP contribution in [0.15, 0.2) is 98.1 Å². The molecule has 0 aliphatic rings. The number of amides is 1. The molecule has 0 radical (unpaired) electrons. The summed E-state index contributed by atoms with van der Waals surface area (Å²) in [4.78, 5) is 25.3. The largest absolute Gasteiger partial charge is 0.497 e. The van der Waals surface area contributed by atoms with Crippen LogP contribution in [0.3, 0.4) is 0 Å². The number of hydrogen-bond donors (Lipinski definition) is 2. The number of aromatic nitrogens is 2. The number of nitrogens with two attached hydrogens (primary N) is 1. The second kappa shape index (κ2) is 10.8. The zero-order valence-electron chi connectivity index (χ0n) is 20.7. The van der Waals surface area contributed by atoms with Gasteiger partial charge in [-0.15, -0.1) is 0 Å². The van der Waals surface area contributed by atoms with Gasteiger partial charge >= 0.3 is 5.63 Å². The molecule has 0 saturated heterocycles. The fraction of sp³-hybridized carbons (Fsp3) is 0.0370. The van der Waals surface area contributed by atoms with E-state index in [0.29, 0.717) is 33.7 Å². The van der Waals surface area contributed by atoms with Crippen molar-refractivity contribution in [2.24, 2.45) is 10.2 Å². The Morgan fingerprint density at radius 3 is 2.48 bits per heavy atom. The number of rotatable bonds is 7. The molecule has 5 rings (SSSR count). The topological polar surface area (TPSA) is 159 Å². The maximum atomic E-state index is 13.0. The van der Waals surface area contributed by atoms with Gasteiger partial charge in [0.05, 0.1) is 40.2 Å². The predicted octanol–water partition coefficient (Wildman–Crippen LogP) is 3.72. The third kappa shape index (κ3) is 5.36. The summed E-state index contributed by atoms with van der Waals surface area (Å²) in [6.07, 6.45) is 1.10. The molecule has 3 N–H and O–H groups in total.